The lowest BCUT2D eigenvalue weighted by Crippen LogP contribution is -2.20. The van der Waals surface area contributed by atoms with E-state index in [2.05, 4.69) is 10.3 Å². The van der Waals surface area contributed by atoms with Crippen LogP contribution in [0.5, 0.6) is 11.5 Å². The van der Waals surface area contributed by atoms with E-state index in [1.807, 2.05) is 12.1 Å². The summed E-state index contributed by atoms with van der Waals surface area (Å²) in [5, 5.41) is 3.09. The van der Waals surface area contributed by atoms with E-state index >= 15 is 0 Å². The number of benzene rings is 2. The van der Waals surface area contributed by atoms with Gasteiger partial charge in [-0.3, -0.25) is 10.1 Å². The number of aromatic nitrogens is 1. The summed E-state index contributed by atoms with van der Waals surface area (Å²) >= 11 is 1.33. The monoisotopic (exact) mass is 332 g/mol. The highest BCUT2D eigenvalue weighted by Crippen LogP contribution is 2.29. The maximum absolute atomic E-state index is 13.4. The predicted octanol–water partition coefficient (Wildman–Crippen LogP) is 3.46. The zero-order valence-electron chi connectivity index (χ0n) is 12.2. The molecule has 23 heavy (non-hydrogen) atoms. The van der Waals surface area contributed by atoms with Gasteiger partial charge in [-0.2, -0.15) is 0 Å². The van der Waals surface area contributed by atoms with Crippen molar-refractivity contribution in [2.75, 3.05) is 19.0 Å². The van der Waals surface area contributed by atoms with Crippen LogP contribution in [-0.4, -0.2) is 24.6 Å². The van der Waals surface area contributed by atoms with Crippen LogP contribution in [0.1, 0.15) is 0 Å². The summed E-state index contributed by atoms with van der Waals surface area (Å²) in [6, 6.07) is 11.4. The van der Waals surface area contributed by atoms with Crippen molar-refractivity contribution in [1.29, 1.82) is 0 Å². The van der Waals surface area contributed by atoms with Gasteiger partial charge >= 0.3 is 0 Å². The molecule has 1 amide bonds. The molecule has 7 heteroatoms. The second-order valence-corrected chi connectivity index (χ2v) is 5.65. The Labute approximate surface area is 135 Å². The van der Waals surface area contributed by atoms with Crippen LogP contribution in [0.2, 0.25) is 0 Å². The second-order valence-electron chi connectivity index (χ2n) is 4.62. The summed E-state index contributed by atoms with van der Waals surface area (Å²) in [7, 11) is 1.59. The number of carbonyl (C=O) groups excluding carboxylic acids is 1. The number of nitrogens with zero attached hydrogens (tertiary/aromatic N) is 1. The maximum atomic E-state index is 13.4. The molecule has 0 aliphatic rings. The molecule has 0 saturated heterocycles. The summed E-state index contributed by atoms with van der Waals surface area (Å²) in [6.45, 7) is -0.291. The average molecular weight is 332 g/mol. The minimum Gasteiger partial charge on any atom is -0.497 e. The third kappa shape index (κ3) is 3.57. The van der Waals surface area contributed by atoms with E-state index < -0.39 is 11.7 Å². The molecule has 1 heterocycles. The zero-order valence-corrected chi connectivity index (χ0v) is 13.0. The minimum absolute atomic E-state index is 0.0386. The highest BCUT2D eigenvalue weighted by Gasteiger charge is 2.10. The van der Waals surface area contributed by atoms with E-state index in [1.165, 1.54) is 23.5 Å². The number of hydrogen-bond acceptors (Lipinski definition) is 5. The number of thiazole rings is 1. The first-order chi connectivity index (χ1) is 11.2. The van der Waals surface area contributed by atoms with Crippen LogP contribution in [0.4, 0.5) is 9.52 Å². The van der Waals surface area contributed by atoms with E-state index in [0.717, 1.165) is 16.0 Å². The minimum atomic E-state index is -0.507. The summed E-state index contributed by atoms with van der Waals surface area (Å²) in [4.78, 5) is 16.2. The van der Waals surface area contributed by atoms with Crippen LogP contribution in [0.3, 0.4) is 0 Å². The van der Waals surface area contributed by atoms with Gasteiger partial charge in [-0.25, -0.2) is 9.37 Å². The molecule has 3 rings (SSSR count). The van der Waals surface area contributed by atoms with Gasteiger partial charge in [-0.15, -0.1) is 0 Å². The van der Waals surface area contributed by atoms with Crippen molar-refractivity contribution in [3.8, 4) is 11.5 Å². The first-order valence-electron chi connectivity index (χ1n) is 6.77. The van der Waals surface area contributed by atoms with Crippen molar-refractivity contribution in [2.24, 2.45) is 0 Å². The number of hydrogen-bond donors (Lipinski definition) is 1. The number of anilines is 1. The van der Waals surface area contributed by atoms with Crippen molar-refractivity contribution in [2.45, 2.75) is 0 Å². The normalized spacial score (nSPS) is 10.5. The Hall–Kier alpha value is -2.67. The van der Waals surface area contributed by atoms with Gasteiger partial charge in [0.15, 0.2) is 23.3 Å². The van der Waals surface area contributed by atoms with E-state index in [1.54, 1.807) is 25.3 Å². The lowest BCUT2D eigenvalue weighted by molar-refractivity contribution is -0.118. The van der Waals surface area contributed by atoms with E-state index in [4.69, 9.17) is 9.47 Å². The van der Waals surface area contributed by atoms with Crippen molar-refractivity contribution in [3.63, 3.8) is 0 Å². The number of para-hydroxylation sites is 1. The van der Waals surface area contributed by atoms with E-state index in [0.29, 0.717) is 5.13 Å². The highest BCUT2D eigenvalue weighted by atomic mass is 32.1. The Morgan fingerprint density at radius 3 is 2.91 bits per heavy atom. The first-order valence-corrected chi connectivity index (χ1v) is 7.59. The Balaban J connectivity index is 1.64. The van der Waals surface area contributed by atoms with Crippen LogP contribution < -0.4 is 14.8 Å². The molecule has 0 aliphatic carbocycles. The number of rotatable bonds is 5. The standard InChI is InChI=1S/C16H13FN2O3S/c1-21-10-6-7-12-14(8-10)23-16(18-12)19-15(20)9-22-13-5-3-2-4-11(13)17/h2-8H,9H2,1H3,(H,18,19,20). The van der Waals surface area contributed by atoms with Crippen LogP contribution in [0.25, 0.3) is 10.2 Å². The molecule has 0 aliphatic heterocycles. The van der Waals surface area contributed by atoms with Crippen molar-refractivity contribution >= 4 is 32.6 Å². The summed E-state index contributed by atoms with van der Waals surface area (Å²) in [5.74, 6) is -0.148. The second kappa shape index (κ2) is 6.62. The third-order valence-electron chi connectivity index (χ3n) is 3.04. The number of carbonyl (C=O) groups is 1. The van der Waals surface area contributed by atoms with Crippen molar-refractivity contribution in [1.82, 2.24) is 4.98 Å². The smallest absolute Gasteiger partial charge is 0.264 e. The Kier molecular flexibility index (Phi) is 4.38. The fourth-order valence-corrected chi connectivity index (χ4v) is 2.86. The van der Waals surface area contributed by atoms with Crippen LogP contribution >= 0.6 is 11.3 Å². The maximum Gasteiger partial charge on any atom is 0.264 e. The molecule has 3 aromatic rings. The molecule has 1 N–H and O–H groups in total. The first kappa shape index (κ1) is 15.2. The van der Waals surface area contributed by atoms with Gasteiger partial charge < -0.3 is 9.47 Å². The molecule has 1 aromatic heterocycles. The number of fused-ring (bicyclic) bond motifs is 1. The predicted molar refractivity (Wildman–Crippen MR) is 86.7 cm³/mol. The number of nitrogens with one attached hydrogen (secondary N) is 1. The van der Waals surface area contributed by atoms with Gasteiger partial charge in [0.2, 0.25) is 0 Å². The Bertz CT molecular complexity index is 850. The number of amides is 1. The molecule has 118 valence electrons. The molecule has 0 bridgehead atoms. The highest BCUT2D eigenvalue weighted by molar-refractivity contribution is 7.22. The van der Waals surface area contributed by atoms with Gasteiger partial charge in [-0.1, -0.05) is 23.5 Å². The molecule has 2 aromatic carbocycles. The zero-order chi connectivity index (χ0) is 16.2. The molecule has 0 spiro atoms. The average Bonchev–Trinajstić information content (AvgIpc) is 2.95. The van der Waals surface area contributed by atoms with Crippen LogP contribution in [-0.2, 0) is 4.79 Å². The van der Waals surface area contributed by atoms with E-state index in [9.17, 15) is 9.18 Å². The lowest BCUT2D eigenvalue weighted by atomic mass is 10.3. The molecule has 0 radical (unpaired) electrons. The lowest BCUT2D eigenvalue weighted by Gasteiger charge is -2.06. The third-order valence-corrected chi connectivity index (χ3v) is 3.97. The van der Waals surface area contributed by atoms with Gasteiger partial charge in [-0.05, 0) is 30.3 Å². The summed E-state index contributed by atoms with van der Waals surface area (Å²) in [6.07, 6.45) is 0. The Morgan fingerprint density at radius 2 is 2.13 bits per heavy atom. The van der Waals surface area contributed by atoms with Crippen molar-refractivity contribution in [3.05, 3.63) is 48.3 Å². The molecule has 0 atom stereocenters. The fraction of sp³-hybridized carbons (Fsp3) is 0.125. The number of halogens is 1. The summed E-state index contributed by atoms with van der Waals surface area (Å²) < 4.78 is 24.6. The molecular weight excluding hydrogens is 319 g/mol. The Morgan fingerprint density at radius 1 is 1.30 bits per heavy atom. The largest absolute Gasteiger partial charge is 0.497 e. The SMILES string of the molecule is COc1ccc2nc(NC(=O)COc3ccccc3F)sc2c1. The van der Waals surface area contributed by atoms with Gasteiger partial charge in [0.05, 0.1) is 17.3 Å². The van der Waals surface area contributed by atoms with E-state index in [-0.39, 0.29) is 12.4 Å². The fourth-order valence-electron chi connectivity index (χ4n) is 1.95. The van der Waals surface area contributed by atoms with Crippen LogP contribution in [0.15, 0.2) is 42.5 Å². The van der Waals surface area contributed by atoms with Crippen LogP contribution in [0, 0.1) is 5.82 Å². The number of methoxy groups -OCH3 is 1. The van der Waals surface area contributed by atoms with Gasteiger partial charge in [0.25, 0.3) is 5.91 Å². The summed E-state index contributed by atoms with van der Waals surface area (Å²) in [5.41, 5.74) is 0.765. The van der Waals surface area contributed by atoms with Gasteiger partial charge in [0, 0.05) is 0 Å². The van der Waals surface area contributed by atoms with Crippen molar-refractivity contribution < 1.29 is 18.7 Å². The molecule has 0 saturated carbocycles. The number of ether oxygens (including phenoxy) is 2. The quantitative estimate of drug-likeness (QED) is 0.777. The molecule has 0 unspecified atom stereocenters. The topological polar surface area (TPSA) is 60.5 Å². The van der Waals surface area contributed by atoms with Gasteiger partial charge in [0.1, 0.15) is 5.75 Å². The molecule has 0 fully saturated rings. The molecular formula is C16H13FN2O3S. The molecule has 5 nitrogen and oxygen atoms in total.